The third kappa shape index (κ3) is 1.56. The minimum Gasteiger partial charge on any atom is -0.543 e. The number of carboxylic acids is 1. The molecule has 2 N–H and O–H groups in total. The van der Waals surface area contributed by atoms with Crippen LogP contribution in [-0.2, 0) is 0 Å². The van der Waals surface area contributed by atoms with E-state index in [0.29, 0.717) is 0 Å². The molecular weight excluding hydrogens is 170 g/mol. The quantitative estimate of drug-likeness (QED) is 0.591. The van der Waals surface area contributed by atoms with E-state index in [0.717, 1.165) is 6.20 Å². The van der Waals surface area contributed by atoms with Crippen molar-refractivity contribution in [3.05, 3.63) is 17.0 Å². The van der Waals surface area contributed by atoms with Crippen molar-refractivity contribution in [2.24, 2.45) is 0 Å². The molecule has 0 amide bonds. The number of nitrogens with zero attached hydrogens (tertiary/aromatic N) is 2. The summed E-state index contributed by atoms with van der Waals surface area (Å²) >= 11 is 5.34. The second kappa shape index (κ2) is 2.71. The van der Waals surface area contributed by atoms with Gasteiger partial charge >= 0.3 is 0 Å². The van der Waals surface area contributed by atoms with Crippen LogP contribution in [0, 0.1) is 0 Å². The fourth-order valence-electron chi connectivity index (χ4n) is 0.527. The Morgan fingerprint density at radius 3 is 2.82 bits per heavy atom. The molecule has 1 aromatic rings. The number of halogens is 1. The summed E-state index contributed by atoms with van der Waals surface area (Å²) in [6, 6.07) is 0. The Hall–Kier alpha value is -1.36. The topological polar surface area (TPSA) is 91.9 Å². The molecule has 0 bridgehead atoms. The molecule has 0 aliphatic heterocycles. The lowest BCUT2D eigenvalue weighted by molar-refractivity contribution is -0.255. The molecule has 6 heteroatoms. The van der Waals surface area contributed by atoms with Gasteiger partial charge in [-0.2, -0.15) is 0 Å². The van der Waals surface area contributed by atoms with E-state index < -0.39 is 11.7 Å². The second-order valence-corrected chi connectivity index (χ2v) is 2.10. The monoisotopic (exact) mass is 172 g/mol. The summed E-state index contributed by atoms with van der Waals surface area (Å²) in [5.41, 5.74) is 4.70. The summed E-state index contributed by atoms with van der Waals surface area (Å²) in [6.45, 7) is 0. The molecule has 58 valence electrons. The second-order valence-electron chi connectivity index (χ2n) is 1.71. The highest BCUT2D eigenvalue weighted by molar-refractivity contribution is 6.29. The number of nitrogen functional groups attached to an aromatic ring is 1. The predicted molar refractivity (Wildman–Crippen MR) is 35.8 cm³/mol. The van der Waals surface area contributed by atoms with Crippen molar-refractivity contribution >= 4 is 23.4 Å². The van der Waals surface area contributed by atoms with Crippen LogP contribution in [0.4, 0.5) is 5.82 Å². The number of aromatic carboxylic acids is 1. The van der Waals surface area contributed by atoms with E-state index in [4.69, 9.17) is 17.3 Å². The van der Waals surface area contributed by atoms with Gasteiger partial charge in [0.25, 0.3) is 0 Å². The van der Waals surface area contributed by atoms with E-state index >= 15 is 0 Å². The van der Waals surface area contributed by atoms with Crippen molar-refractivity contribution in [1.82, 2.24) is 9.97 Å². The van der Waals surface area contributed by atoms with Crippen molar-refractivity contribution < 1.29 is 9.90 Å². The Kier molecular flexibility index (Phi) is 1.91. The van der Waals surface area contributed by atoms with Crippen LogP contribution in [0.1, 0.15) is 10.5 Å². The zero-order valence-corrected chi connectivity index (χ0v) is 6.00. The minimum atomic E-state index is -1.49. The van der Waals surface area contributed by atoms with Gasteiger partial charge in [0.05, 0.1) is 12.2 Å². The lowest BCUT2D eigenvalue weighted by atomic mass is 10.4. The number of rotatable bonds is 1. The summed E-state index contributed by atoms with van der Waals surface area (Å²) < 4.78 is 0. The average Bonchev–Trinajstić information content (AvgIpc) is 1.94. The summed E-state index contributed by atoms with van der Waals surface area (Å²) in [5.74, 6) is -1.69. The molecule has 0 unspecified atom stereocenters. The van der Waals surface area contributed by atoms with Gasteiger partial charge in [0.15, 0.2) is 5.82 Å². The van der Waals surface area contributed by atoms with Crippen LogP contribution in [0.2, 0.25) is 5.15 Å². The fraction of sp³-hybridized carbons (Fsp3) is 0. The number of carbonyl (C=O) groups is 1. The number of nitrogens with two attached hydrogens (primary N) is 1. The van der Waals surface area contributed by atoms with Gasteiger partial charge in [-0.3, -0.25) is 0 Å². The third-order valence-electron chi connectivity index (χ3n) is 0.965. The van der Waals surface area contributed by atoms with E-state index in [-0.39, 0.29) is 11.0 Å². The normalized spacial score (nSPS) is 9.55. The lowest BCUT2D eigenvalue weighted by Crippen LogP contribution is -2.25. The molecule has 0 saturated carbocycles. The molecule has 0 spiro atoms. The molecule has 0 fully saturated rings. The van der Waals surface area contributed by atoms with E-state index in [1.807, 2.05) is 0 Å². The number of hydrogen-bond donors (Lipinski definition) is 1. The standard InChI is InChI=1S/C5H4ClN3O2/c6-2-1-8-4(7)3(9-2)5(10)11/h1H,(H2,7,8)(H,10,11)/p-1. The molecule has 1 aromatic heterocycles. The molecular formula is C5H3ClN3O2-. The Morgan fingerprint density at radius 2 is 2.36 bits per heavy atom. The van der Waals surface area contributed by atoms with Crippen molar-refractivity contribution in [1.29, 1.82) is 0 Å². The van der Waals surface area contributed by atoms with E-state index in [1.165, 1.54) is 0 Å². The van der Waals surface area contributed by atoms with E-state index in [1.54, 1.807) is 0 Å². The predicted octanol–water partition coefficient (Wildman–Crippen LogP) is -0.924. The molecule has 1 rings (SSSR count). The summed E-state index contributed by atoms with van der Waals surface area (Å²) in [5, 5.41) is 10.2. The van der Waals surface area contributed by atoms with Crippen LogP contribution >= 0.6 is 11.6 Å². The van der Waals surface area contributed by atoms with Gasteiger partial charge in [-0.1, -0.05) is 11.6 Å². The molecule has 11 heavy (non-hydrogen) atoms. The first kappa shape index (κ1) is 7.74. The van der Waals surface area contributed by atoms with Gasteiger partial charge in [0, 0.05) is 0 Å². The first-order valence-electron chi connectivity index (χ1n) is 2.60. The largest absolute Gasteiger partial charge is 0.543 e. The highest BCUT2D eigenvalue weighted by atomic mass is 35.5. The number of carbonyl (C=O) groups excluding carboxylic acids is 1. The maximum Gasteiger partial charge on any atom is 0.151 e. The van der Waals surface area contributed by atoms with Crippen molar-refractivity contribution in [2.45, 2.75) is 0 Å². The van der Waals surface area contributed by atoms with Gasteiger partial charge in [0.1, 0.15) is 10.8 Å². The maximum atomic E-state index is 10.2. The minimum absolute atomic E-state index is 0.0293. The summed E-state index contributed by atoms with van der Waals surface area (Å²) in [6.07, 6.45) is 1.16. The highest BCUT2D eigenvalue weighted by Crippen LogP contribution is 2.08. The number of hydrogen-bond acceptors (Lipinski definition) is 5. The SMILES string of the molecule is Nc1ncc(Cl)nc1C(=O)[O-]. The Labute approximate surface area is 66.8 Å². The van der Waals surface area contributed by atoms with Crippen LogP contribution < -0.4 is 10.8 Å². The fourth-order valence-corrected chi connectivity index (χ4v) is 0.660. The van der Waals surface area contributed by atoms with Crippen molar-refractivity contribution in [3.8, 4) is 0 Å². The van der Waals surface area contributed by atoms with E-state index in [2.05, 4.69) is 9.97 Å². The molecule has 0 radical (unpaired) electrons. The van der Waals surface area contributed by atoms with Crippen LogP contribution in [0.5, 0.6) is 0 Å². The molecule has 0 aliphatic carbocycles. The molecule has 0 saturated heterocycles. The average molecular weight is 173 g/mol. The number of carboxylic acid groups (broad SMARTS) is 1. The Bertz CT molecular complexity index is 302. The van der Waals surface area contributed by atoms with Crippen LogP contribution in [0.15, 0.2) is 6.20 Å². The molecule has 1 heterocycles. The Balaban J connectivity index is 3.23. The molecule has 5 nitrogen and oxygen atoms in total. The molecule has 0 aromatic carbocycles. The van der Waals surface area contributed by atoms with Gasteiger partial charge in [0.2, 0.25) is 0 Å². The van der Waals surface area contributed by atoms with Crippen LogP contribution in [0.25, 0.3) is 0 Å². The zero-order chi connectivity index (χ0) is 8.43. The first-order valence-corrected chi connectivity index (χ1v) is 2.98. The first-order chi connectivity index (χ1) is 5.11. The lowest BCUT2D eigenvalue weighted by Gasteiger charge is -2.02. The van der Waals surface area contributed by atoms with E-state index in [9.17, 15) is 9.90 Å². The zero-order valence-electron chi connectivity index (χ0n) is 5.24. The van der Waals surface area contributed by atoms with Gasteiger partial charge in [-0.15, -0.1) is 0 Å². The summed E-state index contributed by atoms with van der Waals surface area (Å²) in [7, 11) is 0. The van der Waals surface area contributed by atoms with Crippen molar-refractivity contribution in [3.63, 3.8) is 0 Å². The van der Waals surface area contributed by atoms with Gasteiger partial charge in [-0.25, -0.2) is 9.97 Å². The van der Waals surface area contributed by atoms with Crippen LogP contribution in [0.3, 0.4) is 0 Å². The molecule has 0 aliphatic rings. The van der Waals surface area contributed by atoms with Crippen molar-refractivity contribution in [2.75, 3.05) is 5.73 Å². The Morgan fingerprint density at radius 1 is 1.73 bits per heavy atom. The van der Waals surface area contributed by atoms with Gasteiger partial charge < -0.3 is 15.6 Å². The molecule has 0 atom stereocenters. The maximum absolute atomic E-state index is 10.2. The highest BCUT2D eigenvalue weighted by Gasteiger charge is 2.03. The number of aromatic nitrogens is 2. The number of anilines is 1. The third-order valence-corrected chi connectivity index (χ3v) is 1.15. The summed E-state index contributed by atoms with van der Waals surface area (Å²) in [4.78, 5) is 17.1. The van der Waals surface area contributed by atoms with Gasteiger partial charge in [-0.05, 0) is 0 Å². The van der Waals surface area contributed by atoms with Crippen LogP contribution in [-0.4, -0.2) is 15.9 Å². The smallest absolute Gasteiger partial charge is 0.151 e.